The number of hydrogen-bond donors (Lipinski definition) is 0. The van der Waals surface area contributed by atoms with Crippen LogP contribution in [0.25, 0.3) is 0 Å². The van der Waals surface area contributed by atoms with Gasteiger partial charge >= 0.3 is 0 Å². The lowest BCUT2D eigenvalue weighted by Gasteiger charge is -2.09. The molecule has 1 aromatic heterocycles. The second kappa shape index (κ2) is 3.52. The maximum atomic E-state index is 13.3. The number of hydrogen-bond acceptors (Lipinski definition) is 1. The zero-order chi connectivity index (χ0) is 9.30. The van der Waals surface area contributed by atoms with Crippen molar-refractivity contribution in [3.63, 3.8) is 0 Å². The molecule has 0 bridgehead atoms. The predicted octanol–water partition coefficient (Wildman–Crippen LogP) is 3.42. The Kier molecular flexibility index (Phi) is 2.83. The molecule has 1 nitrogen and oxygen atoms in total. The Morgan fingerprint density at radius 3 is 2.50 bits per heavy atom. The average molecular weight is 232 g/mol. The minimum absolute atomic E-state index is 0.160. The van der Waals surface area contributed by atoms with E-state index in [0.717, 1.165) is 0 Å². The molecule has 0 fully saturated rings. The summed E-state index contributed by atoms with van der Waals surface area (Å²) in [5.74, 6) is -0.0168. The predicted molar refractivity (Wildman–Crippen MR) is 50.7 cm³/mol. The number of pyridine rings is 1. The van der Waals surface area contributed by atoms with E-state index in [1.165, 1.54) is 6.07 Å². The van der Waals surface area contributed by atoms with E-state index in [2.05, 4.69) is 20.9 Å². The lowest BCUT2D eigenvalue weighted by Crippen LogP contribution is -1.98. The Hall–Kier alpha value is -0.440. The molecule has 0 radical (unpaired) electrons. The van der Waals surface area contributed by atoms with Gasteiger partial charge in [0.2, 0.25) is 0 Å². The molecule has 0 aromatic carbocycles. The van der Waals surface area contributed by atoms with Gasteiger partial charge in [-0.2, -0.15) is 0 Å². The van der Waals surface area contributed by atoms with Gasteiger partial charge in [-0.15, -0.1) is 0 Å². The van der Waals surface area contributed by atoms with Crippen LogP contribution in [-0.2, 0) is 0 Å². The molecule has 1 rings (SSSR count). The van der Waals surface area contributed by atoms with E-state index in [4.69, 9.17) is 0 Å². The molecule has 0 aliphatic carbocycles. The number of nitrogens with zero attached hydrogens (tertiary/aromatic N) is 1. The van der Waals surface area contributed by atoms with Crippen LogP contribution in [0.4, 0.5) is 4.39 Å². The van der Waals surface area contributed by atoms with Crippen LogP contribution >= 0.6 is 15.9 Å². The largest absolute Gasteiger partial charge is 0.246 e. The van der Waals surface area contributed by atoms with Crippen molar-refractivity contribution in [3.8, 4) is 0 Å². The smallest absolute Gasteiger partial charge is 0.131 e. The van der Waals surface area contributed by atoms with Crippen molar-refractivity contribution in [1.29, 1.82) is 0 Å². The van der Waals surface area contributed by atoms with Crippen LogP contribution in [0.2, 0.25) is 0 Å². The van der Waals surface area contributed by atoms with Gasteiger partial charge in [-0.1, -0.05) is 13.8 Å². The van der Waals surface area contributed by atoms with Gasteiger partial charge in [0.05, 0.1) is 0 Å². The van der Waals surface area contributed by atoms with Crippen molar-refractivity contribution >= 4 is 15.9 Å². The van der Waals surface area contributed by atoms with Crippen LogP contribution in [0.15, 0.2) is 10.7 Å². The van der Waals surface area contributed by atoms with Crippen LogP contribution in [0.1, 0.15) is 31.0 Å². The highest BCUT2D eigenvalue weighted by molar-refractivity contribution is 9.10. The fourth-order valence-electron chi connectivity index (χ4n) is 1.12. The molecule has 1 heterocycles. The highest BCUT2D eigenvalue weighted by atomic mass is 79.9. The highest BCUT2D eigenvalue weighted by Gasteiger charge is 2.12. The fraction of sp³-hybridized carbons (Fsp3) is 0.444. The minimum Gasteiger partial charge on any atom is -0.246 e. The monoisotopic (exact) mass is 231 g/mol. The summed E-state index contributed by atoms with van der Waals surface area (Å²) in [5.41, 5.74) is 1.35. The maximum Gasteiger partial charge on any atom is 0.131 e. The van der Waals surface area contributed by atoms with Crippen molar-refractivity contribution in [1.82, 2.24) is 4.98 Å². The lowest BCUT2D eigenvalue weighted by molar-refractivity contribution is 0.590. The molecule has 0 N–H and O–H groups in total. The molecule has 0 saturated carbocycles. The van der Waals surface area contributed by atoms with Gasteiger partial charge < -0.3 is 0 Å². The van der Waals surface area contributed by atoms with Crippen molar-refractivity contribution in [2.75, 3.05) is 0 Å². The Bertz CT molecular complexity index is 274. The summed E-state index contributed by atoms with van der Waals surface area (Å²) in [4.78, 5) is 4.13. The topological polar surface area (TPSA) is 12.9 Å². The van der Waals surface area contributed by atoms with Crippen molar-refractivity contribution in [2.45, 2.75) is 26.7 Å². The van der Waals surface area contributed by atoms with E-state index in [-0.39, 0.29) is 11.7 Å². The minimum atomic E-state index is -0.177. The Labute approximate surface area is 80.1 Å². The first-order valence-electron chi connectivity index (χ1n) is 3.85. The summed E-state index contributed by atoms with van der Waals surface area (Å²) in [6.07, 6.45) is 0. The number of aryl methyl sites for hydroxylation is 1. The normalized spacial score (nSPS) is 10.8. The first-order valence-corrected chi connectivity index (χ1v) is 4.64. The second-order valence-corrected chi connectivity index (χ2v) is 3.86. The van der Waals surface area contributed by atoms with E-state index in [9.17, 15) is 4.39 Å². The van der Waals surface area contributed by atoms with Crippen LogP contribution in [0.3, 0.4) is 0 Å². The van der Waals surface area contributed by atoms with Crippen LogP contribution < -0.4 is 0 Å². The van der Waals surface area contributed by atoms with E-state index >= 15 is 0 Å². The zero-order valence-electron chi connectivity index (χ0n) is 7.36. The van der Waals surface area contributed by atoms with E-state index in [1.54, 1.807) is 6.92 Å². The van der Waals surface area contributed by atoms with Gasteiger partial charge in [-0.25, -0.2) is 9.37 Å². The highest BCUT2D eigenvalue weighted by Crippen LogP contribution is 2.25. The molecule has 1 aromatic rings. The third kappa shape index (κ3) is 1.83. The molecule has 0 unspecified atom stereocenters. The Balaban J connectivity index is 3.28. The van der Waals surface area contributed by atoms with E-state index in [0.29, 0.717) is 15.9 Å². The number of halogens is 2. The van der Waals surface area contributed by atoms with Gasteiger partial charge in [-0.3, -0.25) is 0 Å². The van der Waals surface area contributed by atoms with Crippen molar-refractivity contribution in [2.24, 2.45) is 0 Å². The Morgan fingerprint density at radius 1 is 1.50 bits per heavy atom. The van der Waals surface area contributed by atoms with E-state index < -0.39 is 0 Å². The first-order chi connectivity index (χ1) is 5.52. The molecule has 0 amide bonds. The van der Waals surface area contributed by atoms with Gasteiger partial charge in [0.25, 0.3) is 0 Å². The third-order valence-corrected chi connectivity index (χ3v) is 2.27. The number of aromatic nitrogens is 1. The molecule has 3 heteroatoms. The molecule has 12 heavy (non-hydrogen) atoms. The summed E-state index contributed by atoms with van der Waals surface area (Å²) in [6.45, 7) is 5.66. The average Bonchev–Trinajstić information content (AvgIpc) is 1.82. The maximum absolute atomic E-state index is 13.3. The summed E-state index contributed by atoms with van der Waals surface area (Å²) < 4.78 is 13.9. The summed E-state index contributed by atoms with van der Waals surface area (Å²) in [5, 5.41) is 0. The Morgan fingerprint density at radius 2 is 2.08 bits per heavy atom. The zero-order valence-corrected chi connectivity index (χ0v) is 8.94. The van der Waals surface area contributed by atoms with Crippen LogP contribution in [0, 0.1) is 12.7 Å². The van der Waals surface area contributed by atoms with Gasteiger partial charge in [0.15, 0.2) is 0 Å². The number of rotatable bonds is 1. The third-order valence-electron chi connectivity index (χ3n) is 1.67. The van der Waals surface area contributed by atoms with Crippen LogP contribution in [-0.4, -0.2) is 4.98 Å². The first kappa shape index (κ1) is 9.65. The molecule has 0 aliphatic heterocycles. The van der Waals surface area contributed by atoms with Crippen LogP contribution in [0.5, 0.6) is 0 Å². The van der Waals surface area contributed by atoms with Crippen molar-refractivity contribution < 1.29 is 4.39 Å². The summed E-state index contributed by atoms with van der Waals surface area (Å²) in [6, 6.07) is 1.46. The van der Waals surface area contributed by atoms with Gasteiger partial charge in [0, 0.05) is 11.3 Å². The fourth-order valence-corrected chi connectivity index (χ4v) is 2.05. The molecule has 0 aliphatic rings. The summed E-state index contributed by atoms with van der Waals surface area (Å²) >= 11 is 3.25. The summed E-state index contributed by atoms with van der Waals surface area (Å²) in [7, 11) is 0. The second-order valence-electron chi connectivity index (χ2n) is 3.10. The lowest BCUT2D eigenvalue weighted by atomic mass is 10.1. The van der Waals surface area contributed by atoms with Crippen molar-refractivity contribution in [3.05, 3.63) is 27.7 Å². The van der Waals surface area contributed by atoms with Gasteiger partial charge in [0.1, 0.15) is 10.4 Å². The SMILES string of the molecule is Cc1cc(F)c(C(C)C)c(Br)n1. The molecular formula is C9H11BrFN. The van der Waals surface area contributed by atoms with Gasteiger partial charge in [-0.05, 0) is 34.8 Å². The quantitative estimate of drug-likeness (QED) is 0.676. The molecule has 0 spiro atoms. The molecule has 66 valence electrons. The molecule has 0 saturated heterocycles. The standard InChI is InChI=1S/C9H11BrFN/c1-5(2)8-7(11)4-6(3)12-9(8)10/h4-5H,1-3H3. The molecule has 0 atom stereocenters. The molecular weight excluding hydrogens is 221 g/mol. The van der Waals surface area contributed by atoms with E-state index in [1.807, 2.05) is 13.8 Å².